The van der Waals surface area contributed by atoms with Crippen molar-refractivity contribution in [2.75, 3.05) is 11.5 Å². The highest BCUT2D eigenvalue weighted by Crippen LogP contribution is 2.43. The number of amides is 1. The molecule has 1 aliphatic rings. The molecule has 0 aliphatic carbocycles. The van der Waals surface area contributed by atoms with Crippen molar-refractivity contribution in [1.82, 2.24) is 10.2 Å². The average Bonchev–Trinajstić information content (AvgIpc) is 3.48. The molecule has 1 amide bonds. The van der Waals surface area contributed by atoms with Crippen LogP contribution >= 0.6 is 11.3 Å². The van der Waals surface area contributed by atoms with Crippen molar-refractivity contribution < 1.29 is 24.2 Å². The number of Topliss-reactive ketones (excluding diaryl/α,β-unsaturated/α-hetero) is 1. The van der Waals surface area contributed by atoms with Crippen molar-refractivity contribution in [3.63, 3.8) is 0 Å². The third-order valence-electron chi connectivity index (χ3n) is 6.46. The van der Waals surface area contributed by atoms with Gasteiger partial charge in [-0.1, -0.05) is 47.7 Å². The van der Waals surface area contributed by atoms with E-state index in [0.717, 1.165) is 11.1 Å². The van der Waals surface area contributed by atoms with Crippen LogP contribution in [0.1, 0.15) is 40.2 Å². The quantitative estimate of drug-likeness (QED) is 0.172. The maximum absolute atomic E-state index is 13.3. The molecule has 1 fully saturated rings. The van der Waals surface area contributed by atoms with E-state index in [1.165, 1.54) is 16.2 Å². The van der Waals surface area contributed by atoms with Crippen molar-refractivity contribution in [1.29, 1.82) is 0 Å². The van der Waals surface area contributed by atoms with Crippen LogP contribution in [-0.2, 0) is 16.2 Å². The first kappa shape index (κ1) is 26.1. The smallest absolute Gasteiger partial charge is 0.301 e. The van der Waals surface area contributed by atoms with E-state index in [1.807, 2.05) is 38.1 Å². The summed E-state index contributed by atoms with van der Waals surface area (Å²) >= 11 is 1.20. The molecule has 1 N–H and O–H groups in total. The van der Waals surface area contributed by atoms with E-state index in [-0.39, 0.29) is 16.5 Å². The van der Waals surface area contributed by atoms with Crippen LogP contribution in [0.25, 0.3) is 5.76 Å². The molecule has 1 aliphatic heterocycles. The zero-order chi connectivity index (χ0) is 27.5. The number of rotatable bonds is 8. The van der Waals surface area contributed by atoms with Crippen LogP contribution < -0.4 is 14.4 Å². The summed E-state index contributed by atoms with van der Waals surface area (Å²) in [5, 5.41) is 20.4. The van der Waals surface area contributed by atoms with Gasteiger partial charge in [0.1, 0.15) is 28.9 Å². The van der Waals surface area contributed by atoms with Crippen LogP contribution in [0.3, 0.4) is 0 Å². The van der Waals surface area contributed by atoms with Gasteiger partial charge in [-0.15, -0.1) is 10.2 Å². The number of hydrogen-bond donors (Lipinski definition) is 1. The molecule has 5 rings (SSSR count). The van der Waals surface area contributed by atoms with Crippen molar-refractivity contribution in [2.45, 2.75) is 33.4 Å². The van der Waals surface area contributed by atoms with E-state index >= 15 is 0 Å². The Balaban J connectivity index is 1.50. The largest absolute Gasteiger partial charge is 0.507 e. The highest BCUT2D eigenvalue weighted by atomic mass is 32.1. The van der Waals surface area contributed by atoms with Crippen molar-refractivity contribution in [3.8, 4) is 11.5 Å². The van der Waals surface area contributed by atoms with Gasteiger partial charge in [-0.3, -0.25) is 14.5 Å². The van der Waals surface area contributed by atoms with Gasteiger partial charge in [0.2, 0.25) is 5.13 Å². The molecule has 9 heteroatoms. The van der Waals surface area contributed by atoms with Crippen LogP contribution in [0.4, 0.5) is 5.13 Å². The van der Waals surface area contributed by atoms with Crippen LogP contribution in [0.2, 0.25) is 0 Å². The third kappa shape index (κ3) is 5.26. The van der Waals surface area contributed by atoms with Gasteiger partial charge in [0.05, 0.1) is 18.2 Å². The number of benzene rings is 3. The van der Waals surface area contributed by atoms with Gasteiger partial charge in [0, 0.05) is 5.56 Å². The molecule has 0 radical (unpaired) electrons. The Morgan fingerprint density at radius 3 is 2.23 bits per heavy atom. The molecule has 2 heterocycles. The Morgan fingerprint density at radius 2 is 1.59 bits per heavy atom. The number of aromatic nitrogens is 2. The van der Waals surface area contributed by atoms with E-state index in [4.69, 9.17) is 9.47 Å². The van der Waals surface area contributed by atoms with Gasteiger partial charge >= 0.3 is 5.91 Å². The van der Waals surface area contributed by atoms with E-state index in [0.29, 0.717) is 40.8 Å². The molecule has 1 atom stereocenters. The van der Waals surface area contributed by atoms with E-state index < -0.39 is 17.7 Å². The molecule has 0 spiro atoms. The minimum atomic E-state index is -0.884. The molecule has 0 saturated carbocycles. The number of ether oxygens (including phenoxy) is 2. The van der Waals surface area contributed by atoms with Crippen LogP contribution in [0.5, 0.6) is 11.5 Å². The molecule has 39 heavy (non-hydrogen) atoms. The fourth-order valence-electron chi connectivity index (χ4n) is 4.44. The Morgan fingerprint density at radius 1 is 0.923 bits per heavy atom. The number of nitrogens with zero attached hydrogens (tertiary/aromatic N) is 3. The Hall–Kier alpha value is -4.50. The second kappa shape index (κ2) is 11.1. The maximum atomic E-state index is 13.3. The predicted molar refractivity (Wildman–Crippen MR) is 149 cm³/mol. The standard InChI is InChI=1S/C30H27N3O5S/c1-4-37-23-13-9-20(10-14-23)26-25(28(35)29(36)33(26)30-32-31-19(3)39-30)27(34)21-11-15-24(16-12-21)38-17-22-8-6-5-7-18(22)2/h5-16,26,34H,4,17H2,1-3H3/b27-25+. The van der Waals surface area contributed by atoms with E-state index in [9.17, 15) is 14.7 Å². The fourth-order valence-corrected chi connectivity index (χ4v) is 5.15. The number of aryl methyl sites for hydroxylation is 2. The predicted octanol–water partition coefficient (Wildman–Crippen LogP) is 5.76. The molecule has 8 nitrogen and oxygen atoms in total. The summed E-state index contributed by atoms with van der Waals surface area (Å²) in [5.74, 6) is -0.570. The van der Waals surface area contributed by atoms with Crippen LogP contribution in [0, 0.1) is 13.8 Å². The molecule has 1 unspecified atom stereocenters. The number of ketones is 1. The highest BCUT2D eigenvalue weighted by molar-refractivity contribution is 7.15. The number of carbonyl (C=O) groups excluding carboxylic acids is 2. The second-order valence-electron chi connectivity index (χ2n) is 9.01. The van der Waals surface area contributed by atoms with Gasteiger partial charge in [0.15, 0.2) is 0 Å². The molecule has 0 bridgehead atoms. The average molecular weight is 542 g/mol. The topological polar surface area (TPSA) is 102 Å². The summed E-state index contributed by atoms with van der Waals surface area (Å²) in [6, 6.07) is 21.0. The number of carbonyl (C=O) groups is 2. The lowest BCUT2D eigenvalue weighted by Crippen LogP contribution is -2.29. The van der Waals surface area contributed by atoms with Crippen molar-refractivity contribution >= 4 is 33.9 Å². The summed E-state index contributed by atoms with van der Waals surface area (Å²) < 4.78 is 11.5. The Bertz CT molecular complexity index is 1540. The number of aliphatic hydroxyl groups excluding tert-OH is 1. The second-order valence-corrected chi connectivity index (χ2v) is 10.2. The lowest BCUT2D eigenvalue weighted by atomic mass is 9.95. The van der Waals surface area contributed by atoms with Crippen molar-refractivity contribution in [2.24, 2.45) is 0 Å². The summed E-state index contributed by atoms with van der Waals surface area (Å²) in [5.41, 5.74) is 3.21. The van der Waals surface area contributed by atoms with Gasteiger partial charge < -0.3 is 14.6 Å². The first-order valence-electron chi connectivity index (χ1n) is 12.5. The highest BCUT2D eigenvalue weighted by Gasteiger charge is 2.48. The Labute approximate surface area is 230 Å². The van der Waals surface area contributed by atoms with Crippen LogP contribution in [0.15, 0.2) is 78.4 Å². The van der Waals surface area contributed by atoms with Crippen LogP contribution in [-0.4, -0.2) is 33.6 Å². The first-order chi connectivity index (χ1) is 18.9. The summed E-state index contributed by atoms with van der Waals surface area (Å²) in [6.45, 7) is 6.60. The Kier molecular flexibility index (Phi) is 7.42. The number of anilines is 1. The van der Waals surface area contributed by atoms with Gasteiger partial charge in [-0.05, 0) is 73.9 Å². The molecule has 198 valence electrons. The summed E-state index contributed by atoms with van der Waals surface area (Å²) in [4.78, 5) is 27.9. The SMILES string of the molecule is CCOc1ccc(C2/C(=C(\O)c3ccc(OCc4ccccc4C)cc3)C(=O)C(=O)N2c2nnc(C)s2)cc1. The van der Waals surface area contributed by atoms with Crippen molar-refractivity contribution in [3.05, 3.63) is 106 Å². The first-order valence-corrected chi connectivity index (χ1v) is 13.3. The molecule has 4 aromatic rings. The van der Waals surface area contributed by atoms with E-state index in [1.54, 1.807) is 55.5 Å². The zero-order valence-electron chi connectivity index (χ0n) is 21.7. The van der Waals surface area contributed by atoms with Gasteiger partial charge in [-0.2, -0.15) is 0 Å². The minimum absolute atomic E-state index is 0.0226. The number of hydrogen-bond acceptors (Lipinski definition) is 8. The molecule has 1 aromatic heterocycles. The molecular formula is C30H27N3O5S. The van der Waals surface area contributed by atoms with Gasteiger partial charge in [0.25, 0.3) is 5.78 Å². The minimum Gasteiger partial charge on any atom is -0.507 e. The van der Waals surface area contributed by atoms with E-state index in [2.05, 4.69) is 10.2 Å². The molecular weight excluding hydrogens is 514 g/mol. The lowest BCUT2D eigenvalue weighted by molar-refractivity contribution is -0.132. The third-order valence-corrected chi connectivity index (χ3v) is 7.29. The normalized spacial score (nSPS) is 16.5. The summed E-state index contributed by atoms with van der Waals surface area (Å²) in [6.07, 6.45) is 0. The fraction of sp³-hybridized carbons (Fsp3) is 0.200. The maximum Gasteiger partial charge on any atom is 0.301 e. The monoisotopic (exact) mass is 541 g/mol. The number of aliphatic hydroxyl groups is 1. The zero-order valence-corrected chi connectivity index (χ0v) is 22.6. The van der Waals surface area contributed by atoms with Gasteiger partial charge in [-0.25, -0.2) is 0 Å². The molecule has 3 aromatic carbocycles. The molecule has 1 saturated heterocycles. The lowest BCUT2D eigenvalue weighted by Gasteiger charge is -2.22. The summed E-state index contributed by atoms with van der Waals surface area (Å²) in [7, 11) is 0.